The van der Waals surface area contributed by atoms with Crippen molar-refractivity contribution in [3.05, 3.63) is 41.9 Å². The van der Waals surface area contributed by atoms with Crippen LogP contribution >= 0.6 is 0 Å². The van der Waals surface area contributed by atoms with Gasteiger partial charge >= 0.3 is 12.0 Å². The number of nitrogens with one attached hydrogen (secondary N) is 2. The first-order valence-electron chi connectivity index (χ1n) is 11.3. The third kappa shape index (κ3) is 4.37. The van der Waals surface area contributed by atoms with Gasteiger partial charge in [0.1, 0.15) is 11.1 Å². The number of nitrogens with zero attached hydrogens (tertiary/aromatic N) is 4. The molecule has 1 aliphatic carbocycles. The number of urea groups is 1. The summed E-state index contributed by atoms with van der Waals surface area (Å²) in [7, 11) is 0. The van der Waals surface area contributed by atoms with E-state index in [9.17, 15) is 19.2 Å². The highest BCUT2D eigenvalue weighted by Gasteiger charge is 2.52. The monoisotopic (exact) mass is 468 g/mol. The number of imide groups is 1. The van der Waals surface area contributed by atoms with Crippen LogP contribution in [0.1, 0.15) is 68.4 Å². The number of pyridine rings is 1. The van der Waals surface area contributed by atoms with Crippen molar-refractivity contribution in [2.75, 3.05) is 6.61 Å². The molecule has 1 aliphatic heterocycles. The molecule has 2 aromatic heterocycles. The second kappa shape index (κ2) is 9.24. The molecule has 2 fully saturated rings. The minimum Gasteiger partial charge on any atom is -0.452 e. The van der Waals surface area contributed by atoms with E-state index >= 15 is 0 Å². The van der Waals surface area contributed by atoms with E-state index in [0.717, 1.165) is 12.8 Å². The van der Waals surface area contributed by atoms with Crippen molar-refractivity contribution in [3.8, 4) is 5.82 Å². The molecule has 0 atom stereocenters. The van der Waals surface area contributed by atoms with Gasteiger partial charge < -0.3 is 10.1 Å². The van der Waals surface area contributed by atoms with E-state index in [0.29, 0.717) is 35.3 Å². The van der Waals surface area contributed by atoms with E-state index in [-0.39, 0.29) is 11.5 Å². The van der Waals surface area contributed by atoms with Crippen LogP contribution in [0.2, 0.25) is 0 Å². The lowest BCUT2D eigenvalue weighted by Gasteiger charge is -2.33. The first-order valence-corrected chi connectivity index (χ1v) is 11.3. The molecule has 180 valence electrons. The molecule has 1 saturated heterocycles. The largest absolute Gasteiger partial charge is 0.452 e. The molecule has 2 N–H and O–H groups in total. The summed E-state index contributed by atoms with van der Waals surface area (Å²) in [5.41, 5.74) is 2.09. The third-order valence-corrected chi connectivity index (χ3v) is 6.30. The Morgan fingerprint density at radius 3 is 2.65 bits per heavy atom. The average molecular weight is 469 g/mol. The van der Waals surface area contributed by atoms with Crippen LogP contribution in [0.3, 0.4) is 0 Å². The van der Waals surface area contributed by atoms with Crippen LogP contribution in [0.5, 0.6) is 0 Å². The van der Waals surface area contributed by atoms with Crippen molar-refractivity contribution in [1.82, 2.24) is 30.5 Å². The number of aromatic nitrogens is 3. The van der Waals surface area contributed by atoms with Gasteiger partial charge in [-0.15, -0.1) is 0 Å². The maximum atomic E-state index is 12.9. The molecule has 11 nitrogen and oxygen atoms in total. The average Bonchev–Trinajstić information content (AvgIpc) is 3.36. The first-order chi connectivity index (χ1) is 16.2. The van der Waals surface area contributed by atoms with Crippen molar-refractivity contribution in [3.63, 3.8) is 0 Å². The van der Waals surface area contributed by atoms with Crippen LogP contribution in [-0.2, 0) is 14.3 Å². The highest BCUT2D eigenvalue weighted by molar-refractivity contribution is 6.08. The maximum Gasteiger partial charge on any atom is 0.344 e. The Morgan fingerprint density at radius 1 is 1.26 bits per heavy atom. The van der Waals surface area contributed by atoms with Gasteiger partial charge in [-0.25, -0.2) is 19.3 Å². The van der Waals surface area contributed by atoms with E-state index in [1.807, 2.05) is 19.9 Å². The number of hydrogen-bond donors (Lipinski definition) is 2. The lowest BCUT2D eigenvalue weighted by molar-refractivity contribution is -0.141. The predicted octanol–water partition coefficient (Wildman–Crippen LogP) is 2.08. The Kier molecular flexibility index (Phi) is 6.36. The summed E-state index contributed by atoms with van der Waals surface area (Å²) in [6, 6.07) is 4.67. The Balaban J connectivity index is 1.39. The number of carbonyl (C=O) groups is 4. The summed E-state index contributed by atoms with van der Waals surface area (Å²) in [6.45, 7) is 5.25. The second-order valence-electron chi connectivity index (χ2n) is 9.14. The van der Waals surface area contributed by atoms with Gasteiger partial charge in [0.2, 0.25) is 0 Å². The number of esters is 1. The second-order valence-corrected chi connectivity index (χ2v) is 9.14. The van der Waals surface area contributed by atoms with Crippen molar-refractivity contribution in [2.24, 2.45) is 5.92 Å². The molecule has 4 amide bonds. The third-order valence-electron chi connectivity index (χ3n) is 6.30. The molecule has 4 rings (SSSR count). The standard InChI is InChI=1S/C23H28N6O5/c1-14(2)19-16(12-25-28(19)17-6-4-5-11-24-17)20(31)34-13-18(30)27-29-21(32)23(26-22(29)33)9-7-15(3)8-10-23/h4-6,11-12,14-15H,7-10,13H2,1-3H3,(H,26,33)(H,27,30). The van der Waals surface area contributed by atoms with Gasteiger partial charge in [0, 0.05) is 6.20 Å². The van der Waals surface area contributed by atoms with Gasteiger partial charge in [0.25, 0.3) is 11.8 Å². The topological polar surface area (TPSA) is 136 Å². The van der Waals surface area contributed by atoms with Crippen molar-refractivity contribution >= 4 is 23.8 Å². The Bertz CT molecular complexity index is 1100. The van der Waals surface area contributed by atoms with Crippen LogP contribution < -0.4 is 10.7 Å². The zero-order valence-corrected chi connectivity index (χ0v) is 19.4. The van der Waals surface area contributed by atoms with Crippen LogP contribution in [0.25, 0.3) is 5.82 Å². The molecule has 1 spiro atoms. The van der Waals surface area contributed by atoms with Crippen molar-refractivity contribution < 1.29 is 23.9 Å². The van der Waals surface area contributed by atoms with Crippen LogP contribution in [0.15, 0.2) is 30.6 Å². The lowest BCUT2D eigenvalue weighted by atomic mass is 9.77. The smallest absolute Gasteiger partial charge is 0.344 e. The lowest BCUT2D eigenvalue weighted by Crippen LogP contribution is -2.52. The number of ether oxygens (including phenoxy) is 1. The fourth-order valence-corrected chi connectivity index (χ4v) is 4.41. The van der Waals surface area contributed by atoms with E-state index in [2.05, 4.69) is 27.7 Å². The molecule has 0 aromatic carbocycles. The van der Waals surface area contributed by atoms with Crippen molar-refractivity contribution in [1.29, 1.82) is 0 Å². The van der Waals surface area contributed by atoms with Gasteiger partial charge in [-0.1, -0.05) is 26.8 Å². The molecule has 2 aromatic rings. The number of hydrazine groups is 1. The number of hydrogen-bond acceptors (Lipinski definition) is 7. The zero-order chi connectivity index (χ0) is 24.5. The van der Waals surface area contributed by atoms with Gasteiger partial charge in [0.15, 0.2) is 12.4 Å². The Labute approximate surface area is 196 Å². The highest BCUT2D eigenvalue weighted by atomic mass is 16.5. The van der Waals surface area contributed by atoms with Crippen LogP contribution in [0.4, 0.5) is 4.79 Å². The summed E-state index contributed by atoms with van der Waals surface area (Å²) in [5, 5.41) is 7.67. The van der Waals surface area contributed by atoms with Crippen LogP contribution in [-0.4, -0.2) is 55.7 Å². The summed E-state index contributed by atoms with van der Waals surface area (Å²) < 4.78 is 6.72. The first kappa shape index (κ1) is 23.4. The van der Waals surface area contributed by atoms with E-state index in [1.165, 1.54) is 6.20 Å². The Hall–Kier alpha value is -3.76. The minimum absolute atomic E-state index is 0.0822. The molecule has 0 bridgehead atoms. The summed E-state index contributed by atoms with van der Waals surface area (Å²) in [5.74, 6) is -1.06. The normalized spacial score (nSPS) is 22.2. The SMILES string of the molecule is CC1CCC2(CC1)NC(=O)N(NC(=O)COC(=O)c1cnn(-c3ccccn3)c1C(C)C)C2=O. The van der Waals surface area contributed by atoms with E-state index in [1.54, 1.807) is 23.0 Å². The zero-order valence-electron chi connectivity index (χ0n) is 19.4. The summed E-state index contributed by atoms with van der Waals surface area (Å²) in [4.78, 5) is 54.6. The summed E-state index contributed by atoms with van der Waals surface area (Å²) in [6.07, 6.45) is 5.68. The molecule has 0 radical (unpaired) electrons. The summed E-state index contributed by atoms with van der Waals surface area (Å²) >= 11 is 0. The number of rotatable bonds is 6. The van der Waals surface area contributed by atoms with Crippen LogP contribution in [0, 0.1) is 5.92 Å². The van der Waals surface area contributed by atoms with Gasteiger partial charge in [0.05, 0.1) is 11.9 Å². The molecule has 0 unspecified atom stereocenters. The van der Waals surface area contributed by atoms with Crippen molar-refractivity contribution in [2.45, 2.75) is 57.9 Å². The number of carbonyl (C=O) groups excluding carboxylic acids is 4. The quantitative estimate of drug-likeness (QED) is 0.489. The van der Waals surface area contributed by atoms with Gasteiger partial charge in [-0.05, 0) is 49.7 Å². The Morgan fingerprint density at radius 2 is 2.00 bits per heavy atom. The molecular weight excluding hydrogens is 440 g/mol. The van der Waals surface area contributed by atoms with E-state index in [4.69, 9.17) is 4.74 Å². The fraction of sp³-hybridized carbons (Fsp3) is 0.478. The highest BCUT2D eigenvalue weighted by Crippen LogP contribution is 2.35. The minimum atomic E-state index is -0.972. The van der Waals surface area contributed by atoms with Gasteiger partial charge in [-0.3, -0.25) is 15.0 Å². The predicted molar refractivity (Wildman–Crippen MR) is 120 cm³/mol. The number of amides is 4. The molecule has 11 heteroatoms. The molecule has 34 heavy (non-hydrogen) atoms. The van der Waals surface area contributed by atoms with E-state index < -0.39 is 36.0 Å². The molecule has 3 heterocycles. The van der Waals surface area contributed by atoms with Gasteiger partial charge in [-0.2, -0.15) is 10.1 Å². The fourth-order valence-electron chi connectivity index (χ4n) is 4.41. The molecular formula is C23H28N6O5. The molecule has 2 aliphatic rings. The molecule has 1 saturated carbocycles. The maximum absolute atomic E-state index is 12.9.